The number of rotatable bonds is 4. The van der Waals surface area contributed by atoms with Gasteiger partial charge in [0, 0.05) is 16.9 Å². The van der Waals surface area contributed by atoms with E-state index in [0.717, 1.165) is 0 Å². The number of sulfonamides is 1. The normalized spacial score (nSPS) is 11.1. The van der Waals surface area contributed by atoms with Crippen molar-refractivity contribution in [1.29, 1.82) is 0 Å². The fourth-order valence-electron chi connectivity index (χ4n) is 1.75. The van der Waals surface area contributed by atoms with Gasteiger partial charge in [0.15, 0.2) is 0 Å². The van der Waals surface area contributed by atoms with Gasteiger partial charge in [0.1, 0.15) is 0 Å². The molecule has 0 saturated carbocycles. The average Bonchev–Trinajstić information content (AvgIpc) is 2.40. The number of amides is 1. The van der Waals surface area contributed by atoms with Crippen LogP contribution in [0.1, 0.15) is 15.9 Å². The summed E-state index contributed by atoms with van der Waals surface area (Å²) in [4.78, 5) is 12.0. The summed E-state index contributed by atoms with van der Waals surface area (Å²) < 4.78 is 21.9. The second kappa shape index (κ2) is 5.94. The van der Waals surface area contributed by atoms with E-state index in [4.69, 9.17) is 10.9 Å². The highest BCUT2D eigenvalue weighted by molar-refractivity contribution is 7.88. The average molecular weight is 305 g/mol. The number of anilines is 2. The van der Waals surface area contributed by atoms with Crippen LogP contribution in [0, 0.1) is 0 Å². The first kappa shape index (κ1) is 15.0. The van der Waals surface area contributed by atoms with Crippen molar-refractivity contribution in [1.82, 2.24) is 0 Å². The number of nitrogens with two attached hydrogens (primary N) is 2. The number of primary sulfonamides is 1. The van der Waals surface area contributed by atoms with E-state index in [9.17, 15) is 13.2 Å². The number of nitrogens with one attached hydrogen (secondary N) is 1. The molecule has 0 radical (unpaired) electrons. The Bertz CT molecular complexity index is 738. The van der Waals surface area contributed by atoms with Crippen LogP contribution in [-0.2, 0) is 15.8 Å². The minimum Gasteiger partial charge on any atom is -0.399 e. The maximum atomic E-state index is 12.0. The molecule has 2 aromatic rings. The number of hydrogen-bond acceptors (Lipinski definition) is 4. The summed E-state index contributed by atoms with van der Waals surface area (Å²) in [5.41, 5.74) is 7.74. The molecule has 0 aliphatic rings. The van der Waals surface area contributed by atoms with Crippen molar-refractivity contribution in [3.05, 3.63) is 59.7 Å². The summed E-state index contributed by atoms with van der Waals surface area (Å²) >= 11 is 0. The third-order valence-corrected chi connectivity index (χ3v) is 3.49. The largest absolute Gasteiger partial charge is 0.399 e. The van der Waals surface area contributed by atoms with E-state index >= 15 is 0 Å². The molecular weight excluding hydrogens is 290 g/mol. The Balaban J connectivity index is 2.06. The molecule has 0 unspecified atom stereocenters. The molecule has 0 saturated heterocycles. The van der Waals surface area contributed by atoms with Crippen LogP contribution in [0.25, 0.3) is 0 Å². The van der Waals surface area contributed by atoms with Gasteiger partial charge in [-0.25, -0.2) is 13.6 Å². The highest BCUT2D eigenvalue weighted by Gasteiger charge is 2.07. The Morgan fingerprint density at radius 2 is 1.57 bits per heavy atom. The molecular formula is C14H15N3O3S. The summed E-state index contributed by atoms with van der Waals surface area (Å²) in [5.74, 6) is -0.506. The molecule has 0 aliphatic heterocycles. The van der Waals surface area contributed by atoms with Crippen LogP contribution in [-0.4, -0.2) is 14.3 Å². The number of nitrogen functional groups attached to an aromatic ring is 1. The Kier molecular flexibility index (Phi) is 4.25. The second-order valence-electron chi connectivity index (χ2n) is 4.58. The fraction of sp³-hybridized carbons (Fsp3) is 0.0714. The maximum absolute atomic E-state index is 12.0. The number of benzene rings is 2. The molecule has 2 aromatic carbocycles. The van der Waals surface area contributed by atoms with Crippen molar-refractivity contribution in [3.63, 3.8) is 0 Å². The Morgan fingerprint density at radius 3 is 2.10 bits per heavy atom. The third kappa shape index (κ3) is 4.59. The van der Waals surface area contributed by atoms with Gasteiger partial charge in [0.05, 0.1) is 5.75 Å². The van der Waals surface area contributed by atoms with Crippen LogP contribution in [0.3, 0.4) is 0 Å². The molecule has 0 fully saturated rings. The second-order valence-corrected chi connectivity index (χ2v) is 6.19. The lowest BCUT2D eigenvalue weighted by atomic mass is 10.2. The van der Waals surface area contributed by atoms with E-state index in [2.05, 4.69) is 5.32 Å². The molecule has 21 heavy (non-hydrogen) atoms. The summed E-state index contributed by atoms with van der Waals surface area (Å²) in [5, 5.41) is 7.67. The first-order valence-corrected chi connectivity index (χ1v) is 7.81. The monoisotopic (exact) mass is 305 g/mol. The number of carbonyl (C=O) groups excluding carboxylic acids is 1. The van der Waals surface area contributed by atoms with E-state index in [0.29, 0.717) is 22.5 Å². The van der Waals surface area contributed by atoms with Crippen LogP contribution in [0.15, 0.2) is 48.5 Å². The minimum atomic E-state index is -3.56. The van der Waals surface area contributed by atoms with Crippen molar-refractivity contribution in [2.75, 3.05) is 11.1 Å². The summed E-state index contributed by atoms with van der Waals surface area (Å²) in [7, 11) is -3.56. The van der Waals surface area contributed by atoms with Gasteiger partial charge < -0.3 is 11.1 Å². The van der Waals surface area contributed by atoms with Crippen molar-refractivity contribution in [3.8, 4) is 0 Å². The third-order valence-electron chi connectivity index (χ3n) is 2.75. The number of hydrogen-bond donors (Lipinski definition) is 3. The number of carbonyl (C=O) groups is 1. The van der Waals surface area contributed by atoms with E-state index in [1.807, 2.05) is 0 Å². The van der Waals surface area contributed by atoms with Crippen LogP contribution in [0.5, 0.6) is 0 Å². The molecule has 0 heterocycles. The zero-order valence-corrected chi connectivity index (χ0v) is 11.9. The van der Waals surface area contributed by atoms with Gasteiger partial charge in [-0.2, -0.15) is 0 Å². The van der Waals surface area contributed by atoms with Gasteiger partial charge in [-0.05, 0) is 42.0 Å². The predicted octanol–water partition coefficient (Wildman–Crippen LogP) is 1.31. The van der Waals surface area contributed by atoms with Gasteiger partial charge in [-0.3, -0.25) is 4.79 Å². The Hall–Kier alpha value is -2.38. The molecule has 7 heteroatoms. The standard InChI is InChI=1S/C14H15N3O3S/c15-12-5-3-11(4-6-12)14(18)17-13-7-1-10(2-8-13)9-21(16,19)20/h1-8H,9,15H2,(H,17,18)(H2,16,19,20). The highest BCUT2D eigenvalue weighted by Crippen LogP contribution is 2.13. The lowest BCUT2D eigenvalue weighted by Crippen LogP contribution is -2.15. The first-order valence-electron chi connectivity index (χ1n) is 6.10. The molecule has 0 atom stereocenters. The van der Waals surface area contributed by atoms with Crippen molar-refractivity contribution in [2.24, 2.45) is 5.14 Å². The highest BCUT2D eigenvalue weighted by atomic mass is 32.2. The smallest absolute Gasteiger partial charge is 0.255 e. The summed E-state index contributed by atoms with van der Waals surface area (Å²) in [6.07, 6.45) is 0. The van der Waals surface area contributed by atoms with E-state index in [1.165, 1.54) is 0 Å². The topological polar surface area (TPSA) is 115 Å². The van der Waals surface area contributed by atoms with E-state index in [-0.39, 0.29) is 11.7 Å². The SMILES string of the molecule is Nc1ccc(C(=O)Nc2ccc(CS(N)(=O)=O)cc2)cc1. The van der Waals surface area contributed by atoms with E-state index < -0.39 is 10.0 Å². The molecule has 110 valence electrons. The van der Waals surface area contributed by atoms with Gasteiger partial charge in [-0.1, -0.05) is 12.1 Å². The van der Waals surface area contributed by atoms with Crippen molar-refractivity contribution < 1.29 is 13.2 Å². The fourth-order valence-corrected chi connectivity index (χ4v) is 2.41. The predicted molar refractivity (Wildman–Crippen MR) is 82.1 cm³/mol. The maximum Gasteiger partial charge on any atom is 0.255 e. The van der Waals surface area contributed by atoms with E-state index in [1.54, 1.807) is 48.5 Å². The summed E-state index contributed by atoms with van der Waals surface area (Å²) in [6.45, 7) is 0. The lowest BCUT2D eigenvalue weighted by molar-refractivity contribution is 0.102. The molecule has 0 bridgehead atoms. The zero-order chi connectivity index (χ0) is 15.5. The Morgan fingerprint density at radius 1 is 1.00 bits per heavy atom. The van der Waals surface area contributed by atoms with Gasteiger partial charge in [0.25, 0.3) is 5.91 Å². The van der Waals surface area contributed by atoms with Gasteiger partial charge >= 0.3 is 0 Å². The van der Waals surface area contributed by atoms with Crippen LogP contribution < -0.4 is 16.2 Å². The quantitative estimate of drug-likeness (QED) is 0.738. The molecule has 2 rings (SSSR count). The van der Waals surface area contributed by atoms with Crippen LogP contribution >= 0.6 is 0 Å². The molecule has 6 nitrogen and oxygen atoms in total. The van der Waals surface area contributed by atoms with Gasteiger partial charge in [0.2, 0.25) is 10.0 Å². The van der Waals surface area contributed by atoms with Gasteiger partial charge in [-0.15, -0.1) is 0 Å². The molecule has 0 aromatic heterocycles. The lowest BCUT2D eigenvalue weighted by Gasteiger charge is -2.06. The molecule has 5 N–H and O–H groups in total. The summed E-state index contributed by atoms with van der Waals surface area (Å²) in [6, 6.07) is 13.0. The molecule has 1 amide bonds. The minimum absolute atomic E-state index is 0.237. The Labute approximate surface area is 122 Å². The molecule has 0 spiro atoms. The van der Waals surface area contributed by atoms with Crippen molar-refractivity contribution in [2.45, 2.75) is 5.75 Å². The molecule has 0 aliphatic carbocycles. The van der Waals surface area contributed by atoms with Crippen LogP contribution in [0.4, 0.5) is 11.4 Å². The zero-order valence-electron chi connectivity index (χ0n) is 11.1. The van der Waals surface area contributed by atoms with Crippen LogP contribution in [0.2, 0.25) is 0 Å². The first-order chi connectivity index (χ1) is 9.83. The van der Waals surface area contributed by atoms with Crippen molar-refractivity contribution >= 4 is 27.3 Å².